The van der Waals surface area contributed by atoms with Crippen molar-refractivity contribution < 1.29 is 9.66 Å². The van der Waals surface area contributed by atoms with Crippen LogP contribution in [0.1, 0.15) is 26.6 Å². The molecule has 0 aliphatic rings. The van der Waals surface area contributed by atoms with Crippen molar-refractivity contribution in [1.82, 2.24) is 9.55 Å². The van der Waals surface area contributed by atoms with Crippen LogP contribution in [-0.2, 0) is 6.42 Å². The molecule has 0 spiro atoms. The molecular formula is C14H17N3O3. The predicted octanol–water partition coefficient (Wildman–Crippen LogP) is 3.13. The summed E-state index contributed by atoms with van der Waals surface area (Å²) < 4.78 is 7.44. The first kappa shape index (κ1) is 14.0. The average molecular weight is 275 g/mol. The number of hydrogen-bond acceptors (Lipinski definition) is 4. The maximum Gasteiger partial charge on any atom is 0.311 e. The van der Waals surface area contributed by atoms with Gasteiger partial charge in [0.25, 0.3) is 0 Å². The van der Waals surface area contributed by atoms with E-state index < -0.39 is 4.92 Å². The predicted molar refractivity (Wildman–Crippen MR) is 75.4 cm³/mol. The van der Waals surface area contributed by atoms with E-state index >= 15 is 0 Å². The lowest BCUT2D eigenvalue weighted by Crippen LogP contribution is -2.08. The largest absolute Gasteiger partial charge is 0.484 e. The third-order valence-electron chi connectivity index (χ3n) is 2.81. The first-order valence-corrected chi connectivity index (χ1v) is 6.50. The zero-order valence-electron chi connectivity index (χ0n) is 11.7. The Kier molecular flexibility index (Phi) is 4.02. The van der Waals surface area contributed by atoms with Gasteiger partial charge in [-0.2, -0.15) is 0 Å². The molecule has 0 bridgehead atoms. The second-order valence-electron chi connectivity index (χ2n) is 4.64. The number of aryl methyl sites for hydroxylation is 1. The van der Waals surface area contributed by atoms with Crippen molar-refractivity contribution >= 4 is 5.69 Å². The van der Waals surface area contributed by atoms with Gasteiger partial charge in [-0.25, -0.2) is 4.98 Å². The van der Waals surface area contributed by atoms with Gasteiger partial charge in [0.2, 0.25) is 0 Å². The smallest absolute Gasteiger partial charge is 0.311 e. The molecule has 0 radical (unpaired) electrons. The maximum absolute atomic E-state index is 11.0. The van der Waals surface area contributed by atoms with E-state index in [2.05, 4.69) is 4.98 Å². The van der Waals surface area contributed by atoms with Crippen LogP contribution < -0.4 is 4.74 Å². The zero-order chi connectivity index (χ0) is 14.7. The molecule has 20 heavy (non-hydrogen) atoms. The highest BCUT2D eigenvalue weighted by Crippen LogP contribution is 2.30. The Labute approximate surface area is 117 Å². The summed E-state index contributed by atoms with van der Waals surface area (Å²) >= 11 is 0. The molecule has 106 valence electrons. The topological polar surface area (TPSA) is 70.2 Å². The van der Waals surface area contributed by atoms with Crippen LogP contribution in [0.5, 0.6) is 5.75 Å². The minimum Gasteiger partial charge on any atom is -0.484 e. The van der Waals surface area contributed by atoms with E-state index in [1.807, 2.05) is 31.5 Å². The first-order chi connectivity index (χ1) is 9.52. The molecule has 0 saturated carbocycles. The second-order valence-corrected chi connectivity index (χ2v) is 4.64. The Hall–Kier alpha value is -2.37. The molecule has 0 atom stereocenters. The van der Waals surface area contributed by atoms with Crippen LogP contribution in [0.4, 0.5) is 5.69 Å². The highest BCUT2D eigenvalue weighted by Gasteiger charge is 2.17. The third kappa shape index (κ3) is 2.79. The van der Waals surface area contributed by atoms with Crippen molar-refractivity contribution in [2.24, 2.45) is 0 Å². The summed E-state index contributed by atoms with van der Waals surface area (Å²) in [5.74, 6) is 1.17. The number of hydrogen-bond donors (Lipinski definition) is 0. The van der Waals surface area contributed by atoms with Gasteiger partial charge in [0.15, 0.2) is 5.75 Å². The van der Waals surface area contributed by atoms with Crippen LogP contribution >= 0.6 is 0 Å². The zero-order valence-corrected chi connectivity index (χ0v) is 11.7. The van der Waals surface area contributed by atoms with E-state index in [0.29, 0.717) is 0 Å². The van der Waals surface area contributed by atoms with Crippen LogP contribution in [0, 0.1) is 10.1 Å². The number of nitrogens with zero attached hydrogens (tertiary/aromatic N) is 3. The van der Waals surface area contributed by atoms with Gasteiger partial charge in [0, 0.05) is 30.9 Å². The average Bonchev–Trinajstić information content (AvgIpc) is 2.85. The summed E-state index contributed by atoms with van der Waals surface area (Å²) in [4.78, 5) is 14.8. The molecule has 6 nitrogen and oxygen atoms in total. The van der Waals surface area contributed by atoms with Crippen LogP contribution in [-0.4, -0.2) is 20.6 Å². The first-order valence-electron chi connectivity index (χ1n) is 6.50. The number of benzene rings is 1. The van der Waals surface area contributed by atoms with Crippen molar-refractivity contribution in [2.45, 2.75) is 33.3 Å². The van der Waals surface area contributed by atoms with Crippen LogP contribution in [0.3, 0.4) is 0 Å². The molecule has 0 unspecified atom stereocenters. The summed E-state index contributed by atoms with van der Waals surface area (Å²) in [7, 11) is 0. The van der Waals surface area contributed by atoms with Crippen LogP contribution in [0.15, 0.2) is 30.6 Å². The Morgan fingerprint density at radius 1 is 1.45 bits per heavy atom. The van der Waals surface area contributed by atoms with E-state index in [0.717, 1.165) is 17.9 Å². The van der Waals surface area contributed by atoms with E-state index in [1.165, 1.54) is 6.07 Å². The Bertz CT molecular complexity index is 620. The summed E-state index contributed by atoms with van der Waals surface area (Å²) in [6.45, 7) is 5.69. The molecule has 0 N–H and O–H groups in total. The number of ether oxygens (including phenoxy) is 1. The molecule has 1 aromatic carbocycles. The van der Waals surface area contributed by atoms with E-state index in [9.17, 15) is 10.1 Å². The molecule has 0 aliphatic heterocycles. The lowest BCUT2D eigenvalue weighted by molar-refractivity contribution is -0.386. The molecule has 0 fully saturated rings. The minimum absolute atomic E-state index is 0.0272. The SMILES string of the molecule is CCc1nccn1-c1ccc([N+](=O)[O-])c(OC(C)C)c1. The molecule has 0 aliphatic carbocycles. The quantitative estimate of drug-likeness (QED) is 0.621. The van der Waals surface area contributed by atoms with Gasteiger partial charge in [-0.05, 0) is 19.9 Å². The van der Waals surface area contributed by atoms with Gasteiger partial charge in [-0.3, -0.25) is 10.1 Å². The van der Waals surface area contributed by atoms with Gasteiger partial charge in [-0.1, -0.05) is 6.92 Å². The molecule has 0 saturated heterocycles. The summed E-state index contributed by atoms with van der Waals surface area (Å²) in [6.07, 6.45) is 4.20. The van der Waals surface area contributed by atoms with Crippen LogP contribution in [0.25, 0.3) is 5.69 Å². The Morgan fingerprint density at radius 2 is 2.20 bits per heavy atom. The van der Waals surface area contributed by atoms with Gasteiger partial charge in [-0.15, -0.1) is 0 Å². The molecule has 1 aromatic heterocycles. The lowest BCUT2D eigenvalue weighted by Gasteiger charge is -2.12. The third-order valence-corrected chi connectivity index (χ3v) is 2.81. The number of nitro groups is 1. The molecule has 2 rings (SSSR count). The van der Waals surface area contributed by atoms with Crippen molar-refractivity contribution in [3.05, 3.63) is 46.5 Å². The fourth-order valence-electron chi connectivity index (χ4n) is 1.98. The molecule has 6 heteroatoms. The van der Waals surface area contributed by atoms with Gasteiger partial charge < -0.3 is 9.30 Å². The standard InChI is InChI=1S/C14H17N3O3/c1-4-14-15-7-8-16(14)11-5-6-12(17(18)19)13(9-11)20-10(2)3/h5-10H,4H2,1-3H3. The highest BCUT2D eigenvalue weighted by molar-refractivity contribution is 5.53. The summed E-state index contributed by atoms with van der Waals surface area (Å²) in [6, 6.07) is 4.84. The normalized spacial score (nSPS) is 10.8. The highest BCUT2D eigenvalue weighted by atomic mass is 16.6. The van der Waals surface area contributed by atoms with Crippen molar-refractivity contribution in [1.29, 1.82) is 0 Å². The lowest BCUT2D eigenvalue weighted by atomic mass is 10.2. The molecule has 1 heterocycles. The van der Waals surface area contributed by atoms with E-state index in [-0.39, 0.29) is 17.5 Å². The fourth-order valence-corrected chi connectivity index (χ4v) is 1.98. The fraction of sp³-hybridized carbons (Fsp3) is 0.357. The molecule has 0 amide bonds. The maximum atomic E-state index is 11.0. The summed E-state index contributed by atoms with van der Waals surface area (Å²) in [5.41, 5.74) is 0.779. The van der Waals surface area contributed by atoms with Crippen LogP contribution in [0.2, 0.25) is 0 Å². The van der Waals surface area contributed by atoms with Gasteiger partial charge in [0.05, 0.1) is 16.7 Å². The van der Waals surface area contributed by atoms with Crippen molar-refractivity contribution in [3.8, 4) is 11.4 Å². The molecular weight excluding hydrogens is 258 g/mol. The van der Waals surface area contributed by atoms with Crippen molar-refractivity contribution in [2.75, 3.05) is 0 Å². The van der Waals surface area contributed by atoms with Gasteiger partial charge >= 0.3 is 5.69 Å². The van der Waals surface area contributed by atoms with E-state index in [1.54, 1.807) is 18.3 Å². The Balaban J connectivity index is 2.49. The number of rotatable bonds is 5. The monoisotopic (exact) mass is 275 g/mol. The van der Waals surface area contributed by atoms with Gasteiger partial charge in [0.1, 0.15) is 5.82 Å². The van der Waals surface area contributed by atoms with Crippen molar-refractivity contribution in [3.63, 3.8) is 0 Å². The van der Waals surface area contributed by atoms with E-state index in [4.69, 9.17) is 4.74 Å². The second kappa shape index (κ2) is 5.73. The summed E-state index contributed by atoms with van der Waals surface area (Å²) in [5, 5.41) is 11.0. The number of imidazole rings is 1. The minimum atomic E-state index is -0.434. The molecule has 2 aromatic rings. The number of nitro benzene ring substituents is 1. The number of aromatic nitrogens is 2. The Morgan fingerprint density at radius 3 is 2.80 bits per heavy atom.